The maximum atomic E-state index is 5.16. The van der Waals surface area contributed by atoms with Crippen molar-refractivity contribution in [3.05, 3.63) is 83.3 Å². The summed E-state index contributed by atoms with van der Waals surface area (Å²) in [5.74, 6) is 6.78. The zero-order valence-corrected chi connectivity index (χ0v) is 18.5. The van der Waals surface area contributed by atoms with Crippen LogP contribution in [0.3, 0.4) is 0 Å². The predicted octanol–water partition coefficient (Wildman–Crippen LogP) is 4.37. The molecule has 0 amide bonds. The zero-order valence-electron chi connectivity index (χ0n) is 18.5. The van der Waals surface area contributed by atoms with Gasteiger partial charge < -0.3 is 9.30 Å². The van der Waals surface area contributed by atoms with Crippen molar-refractivity contribution in [3.8, 4) is 17.7 Å². The van der Waals surface area contributed by atoms with E-state index in [2.05, 4.69) is 76.4 Å². The lowest BCUT2D eigenvalue weighted by molar-refractivity contribution is 0.398. The minimum atomic E-state index is -0.0481. The number of hydrogen-bond acceptors (Lipinski definition) is 5. The van der Waals surface area contributed by atoms with Crippen LogP contribution in [0.1, 0.15) is 49.0 Å². The van der Waals surface area contributed by atoms with Gasteiger partial charge in [0.15, 0.2) is 0 Å². The Hall–Kier alpha value is -3.98. The normalized spacial score (nSPS) is 12.8. The molecule has 3 heterocycles. The number of hydrogen-bond donors (Lipinski definition) is 0. The third kappa shape index (κ3) is 3.63. The van der Waals surface area contributed by atoms with Gasteiger partial charge in [-0.1, -0.05) is 18.1 Å². The molecule has 4 aromatic rings. The van der Waals surface area contributed by atoms with Crippen molar-refractivity contribution in [2.24, 2.45) is 0 Å². The third-order valence-electron chi connectivity index (χ3n) is 5.46. The van der Waals surface area contributed by atoms with Crippen molar-refractivity contribution in [1.29, 1.82) is 0 Å². The highest BCUT2D eigenvalue weighted by atomic mass is 16.5. The largest absolute Gasteiger partial charge is 0.481 e. The number of methoxy groups -OCH3 is 1. The summed E-state index contributed by atoms with van der Waals surface area (Å²) in [6.07, 6.45) is 8.28. The van der Waals surface area contributed by atoms with E-state index in [4.69, 9.17) is 9.72 Å². The van der Waals surface area contributed by atoms with Gasteiger partial charge >= 0.3 is 0 Å². The van der Waals surface area contributed by atoms with Crippen LogP contribution in [0.25, 0.3) is 16.6 Å². The lowest BCUT2D eigenvalue weighted by atomic mass is 10.0. The quantitative estimate of drug-likeness (QED) is 0.450. The van der Waals surface area contributed by atoms with Crippen LogP contribution < -0.4 is 4.74 Å². The van der Waals surface area contributed by atoms with E-state index in [0.29, 0.717) is 11.6 Å². The molecule has 0 atom stereocenters. The van der Waals surface area contributed by atoms with E-state index in [9.17, 15) is 0 Å². The number of imidazole rings is 1. The van der Waals surface area contributed by atoms with Crippen molar-refractivity contribution < 1.29 is 4.74 Å². The number of benzene rings is 1. The number of nitrogens with zero attached hydrogens (tertiary/aromatic N) is 5. The number of fused-ring (bicyclic) bond motifs is 2. The first-order valence-electron chi connectivity index (χ1n) is 10.5. The highest BCUT2D eigenvalue weighted by molar-refractivity contribution is 5.87. The summed E-state index contributed by atoms with van der Waals surface area (Å²) in [7, 11) is 1.59. The van der Waals surface area contributed by atoms with Gasteiger partial charge in [-0.25, -0.2) is 15.0 Å². The lowest BCUT2D eigenvalue weighted by Crippen LogP contribution is -2.20. The average molecular weight is 422 g/mol. The highest BCUT2D eigenvalue weighted by Gasteiger charge is 2.21. The summed E-state index contributed by atoms with van der Waals surface area (Å²) >= 11 is 0. The van der Waals surface area contributed by atoms with Crippen LogP contribution in [0, 0.1) is 11.8 Å². The monoisotopic (exact) mass is 421 g/mol. The van der Waals surface area contributed by atoms with Gasteiger partial charge in [-0.3, -0.25) is 4.98 Å². The van der Waals surface area contributed by atoms with E-state index in [0.717, 1.165) is 45.5 Å². The van der Waals surface area contributed by atoms with Crippen molar-refractivity contribution in [1.82, 2.24) is 24.5 Å². The fourth-order valence-electron chi connectivity index (χ4n) is 3.83. The standard InChI is InChI=1S/C26H23N5O/c1-26(2,3)31-16-29-21-9-6-18(14-23(21)31)20-8-10-22-25(20)30-19(15-28-22)7-5-17-11-12-27-24(13-17)32-4/h6,8-9,11-16H,10H2,1-4H3. The molecule has 5 rings (SSSR count). The Labute approximate surface area is 187 Å². The lowest BCUT2D eigenvalue weighted by Gasteiger charge is -2.21. The van der Waals surface area contributed by atoms with Crippen molar-refractivity contribution in [2.45, 2.75) is 32.7 Å². The van der Waals surface area contributed by atoms with Crippen LogP contribution in [0.2, 0.25) is 0 Å². The molecule has 6 nitrogen and oxygen atoms in total. The maximum Gasteiger partial charge on any atom is 0.214 e. The summed E-state index contributed by atoms with van der Waals surface area (Å²) in [4.78, 5) is 18.1. The predicted molar refractivity (Wildman–Crippen MR) is 124 cm³/mol. The Morgan fingerprint density at radius 3 is 2.72 bits per heavy atom. The molecular weight excluding hydrogens is 398 g/mol. The second kappa shape index (κ2) is 7.61. The number of rotatable bonds is 2. The Morgan fingerprint density at radius 1 is 1.03 bits per heavy atom. The third-order valence-corrected chi connectivity index (χ3v) is 5.46. The molecule has 0 bridgehead atoms. The minimum absolute atomic E-state index is 0.0481. The minimum Gasteiger partial charge on any atom is -0.481 e. The second-order valence-electron chi connectivity index (χ2n) is 8.70. The molecule has 0 spiro atoms. The number of ether oxygens (including phenoxy) is 1. The molecule has 0 saturated carbocycles. The van der Waals surface area contributed by atoms with E-state index in [1.54, 1.807) is 25.6 Å². The van der Waals surface area contributed by atoms with Crippen LogP contribution in [0.15, 0.2) is 55.1 Å². The smallest absolute Gasteiger partial charge is 0.214 e. The van der Waals surface area contributed by atoms with E-state index < -0.39 is 0 Å². The first-order chi connectivity index (χ1) is 15.4. The summed E-state index contributed by atoms with van der Waals surface area (Å²) < 4.78 is 7.37. The van der Waals surface area contributed by atoms with E-state index in [-0.39, 0.29) is 5.54 Å². The molecule has 1 aliphatic carbocycles. The molecule has 0 N–H and O–H groups in total. The molecule has 3 aromatic heterocycles. The fourth-order valence-corrected chi connectivity index (χ4v) is 3.83. The van der Waals surface area contributed by atoms with Crippen molar-refractivity contribution >= 4 is 16.6 Å². The molecule has 0 saturated heterocycles. The van der Waals surface area contributed by atoms with E-state index in [1.165, 1.54) is 0 Å². The topological polar surface area (TPSA) is 65.7 Å². The summed E-state index contributed by atoms with van der Waals surface area (Å²) in [5.41, 5.74) is 7.56. The fraction of sp³-hybridized carbons (Fsp3) is 0.231. The summed E-state index contributed by atoms with van der Waals surface area (Å²) in [6.45, 7) is 6.54. The van der Waals surface area contributed by atoms with Crippen LogP contribution in [-0.4, -0.2) is 31.6 Å². The van der Waals surface area contributed by atoms with Gasteiger partial charge in [-0.05, 0) is 50.5 Å². The molecule has 0 aliphatic heterocycles. The Kier molecular flexibility index (Phi) is 4.75. The van der Waals surface area contributed by atoms with Crippen LogP contribution >= 0.6 is 0 Å². The van der Waals surface area contributed by atoms with Gasteiger partial charge in [-0.2, -0.15) is 0 Å². The van der Waals surface area contributed by atoms with Gasteiger partial charge in [-0.15, -0.1) is 0 Å². The highest BCUT2D eigenvalue weighted by Crippen LogP contribution is 2.32. The maximum absolute atomic E-state index is 5.16. The first-order valence-corrected chi connectivity index (χ1v) is 10.5. The summed E-state index contributed by atoms with van der Waals surface area (Å²) in [5, 5.41) is 0. The molecule has 0 unspecified atom stereocenters. The van der Waals surface area contributed by atoms with E-state index in [1.807, 2.05) is 12.4 Å². The molecular formula is C26H23N5O. The van der Waals surface area contributed by atoms with Crippen molar-refractivity contribution in [3.63, 3.8) is 0 Å². The van der Waals surface area contributed by atoms with Crippen LogP contribution in [0.4, 0.5) is 0 Å². The van der Waals surface area contributed by atoms with Gasteiger partial charge in [0.2, 0.25) is 5.88 Å². The number of pyridine rings is 1. The van der Waals surface area contributed by atoms with Crippen LogP contribution in [-0.2, 0) is 12.0 Å². The Balaban J connectivity index is 1.51. The zero-order chi connectivity index (χ0) is 22.3. The SMILES string of the molecule is COc1cc(C#Cc2cnc3c(n2)C(c2ccc4ncn(C(C)(C)C)c4c2)=CC3)ccn1. The van der Waals surface area contributed by atoms with Gasteiger partial charge in [0, 0.05) is 35.4 Å². The average Bonchev–Trinajstić information content (AvgIpc) is 3.41. The van der Waals surface area contributed by atoms with Gasteiger partial charge in [0.05, 0.1) is 42.1 Å². The first kappa shape index (κ1) is 20.0. The molecule has 1 aromatic carbocycles. The molecule has 1 aliphatic rings. The number of aromatic nitrogens is 5. The van der Waals surface area contributed by atoms with Gasteiger partial charge in [0.1, 0.15) is 5.69 Å². The Morgan fingerprint density at radius 2 is 1.91 bits per heavy atom. The Bertz CT molecular complexity index is 1430. The van der Waals surface area contributed by atoms with Gasteiger partial charge in [0.25, 0.3) is 0 Å². The summed E-state index contributed by atoms with van der Waals surface area (Å²) in [6, 6.07) is 10.0. The van der Waals surface area contributed by atoms with Crippen molar-refractivity contribution in [2.75, 3.05) is 7.11 Å². The molecule has 0 radical (unpaired) electrons. The molecule has 6 heteroatoms. The molecule has 0 fully saturated rings. The van der Waals surface area contributed by atoms with Crippen LogP contribution in [0.5, 0.6) is 5.88 Å². The number of allylic oxidation sites excluding steroid dienone is 1. The second-order valence-corrected chi connectivity index (χ2v) is 8.70. The molecule has 32 heavy (non-hydrogen) atoms. The van der Waals surface area contributed by atoms with E-state index >= 15 is 0 Å². The molecule has 158 valence electrons.